The molecule has 95 heavy (non-hydrogen) atoms. The van der Waals surface area contributed by atoms with E-state index in [2.05, 4.69) is 34.6 Å². The number of hydrogen-bond acceptors (Lipinski definition) is 15. The van der Waals surface area contributed by atoms with Gasteiger partial charge >= 0.3 is 39.5 Å². The summed E-state index contributed by atoms with van der Waals surface area (Å²) in [6.07, 6.45) is 58.0. The van der Waals surface area contributed by atoms with Crippen LogP contribution in [-0.4, -0.2) is 96.7 Å². The van der Waals surface area contributed by atoms with Crippen molar-refractivity contribution in [3.63, 3.8) is 0 Å². The van der Waals surface area contributed by atoms with Gasteiger partial charge in [-0.25, -0.2) is 9.13 Å². The number of ether oxygens (including phenoxy) is 4. The Labute approximate surface area is 581 Å². The van der Waals surface area contributed by atoms with Gasteiger partial charge in [0, 0.05) is 25.7 Å². The molecule has 0 aliphatic heterocycles. The standard InChI is InChI=1S/C76H148O17P2/c1-6-9-12-15-18-21-24-27-28-29-31-36-42-47-52-57-62-76(81)93-72(66-87-74(79)60-55-50-45-40-37-32-33-38-43-48-53-58-69(4)5)68-91-95(84,85)89-64-70(77)63-88-94(82,83)90-67-71(65-86-73(78)59-54-49-44-39-34-26-23-20-17-14-11-8-3)92-75(80)61-56-51-46-41-35-30-25-22-19-16-13-10-7-2/h69-72,77H,6-68H2,1-5H3,(H,82,83)(H,84,85)/t70-,71+,72+/m0/s1. The number of phosphoric acid groups is 2. The minimum absolute atomic E-state index is 0.108. The molecule has 0 rings (SSSR count). The third-order valence-electron chi connectivity index (χ3n) is 17.8. The third kappa shape index (κ3) is 70.3. The zero-order valence-corrected chi connectivity index (χ0v) is 63.6. The molecule has 0 bridgehead atoms. The Kier molecular flexibility index (Phi) is 67.7. The SMILES string of the molecule is CCCCCCCCCCCCCCCCCCC(=O)O[C@H](COC(=O)CCCCCCCCCCCCCC(C)C)COP(=O)(O)OC[C@@H](O)COP(=O)(O)OC[C@@H](COC(=O)CCCCCCCCCCCCCC)OC(=O)CCCCCCCCCCCCCCC. The minimum atomic E-state index is -4.96. The van der Waals surface area contributed by atoms with E-state index >= 15 is 0 Å². The second kappa shape index (κ2) is 69.2. The maximum absolute atomic E-state index is 13.1. The number of aliphatic hydroxyl groups is 1. The molecule has 564 valence electrons. The van der Waals surface area contributed by atoms with Crippen LogP contribution in [-0.2, 0) is 65.4 Å². The molecule has 0 aliphatic rings. The first-order valence-electron chi connectivity index (χ1n) is 39.6. The molecule has 0 spiro atoms. The van der Waals surface area contributed by atoms with Crippen LogP contribution in [0.25, 0.3) is 0 Å². The molecule has 5 atom stereocenters. The normalized spacial score (nSPS) is 13.9. The number of unbranched alkanes of at least 4 members (excludes halogenated alkanes) is 48. The zero-order valence-electron chi connectivity index (χ0n) is 61.8. The highest BCUT2D eigenvalue weighted by Gasteiger charge is 2.30. The van der Waals surface area contributed by atoms with Gasteiger partial charge in [0.25, 0.3) is 0 Å². The van der Waals surface area contributed by atoms with E-state index in [4.69, 9.17) is 37.0 Å². The van der Waals surface area contributed by atoms with E-state index in [-0.39, 0.29) is 25.7 Å². The van der Waals surface area contributed by atoms with Crippen LogP contribution in [0.1, 0.15) is 401 Å². The van der Waals surface area contributed by atoms with Gasteiger partial charge in [-0.2, -0.15) is 0 Å². The molecule has 0 radical (unpaired) electrons. The molecule has 0 saturated carbocycles. The Morgan fingerprint density at radius 3 is 0.716 bits per heavy atom. The molecule has 3 N–H and O–H groups in total. The lowest BCUT2D eigenvalue weighted by Crippen LogP contribution is -2.30. The highest BCUT2D eigenvalue weighted by Crippen LogP contribution is 2.45. The van der Waals surface area contributed by atoms with Crippen molar-refractivity contribution in [3.8, 4) is 0 Å². The summed E-state index contributed by atoms with van der Waals surface area (Å²) in [4.78, 5) is 72.8. The summed E-state index contributed by atoms with van der Waals surface area (Å²) in [5.41, 5.74) is 0. The quantitative estimate of drug-likeness (QED) is 0.0222. The number of carbonyl (C=O) groups is 4. The monoisotopic (exact) mass is 1400 g/mol. The Balaban J connectivity index is 5.26. The number of hydrogen-bond donors (Lipinski definition) is 3. The number of aliphatic hydroxyl groups excluding tert-OH is 1. The molecule has 0 aromatic carbocycles. The first-order valence-corrected chi connectivity index (χ1v) is 42.6. The maximum Gasteiger partial charge on any atom is 0.472 e. The van der Waals surface area contributed by atoms with Gasteiger partial charge in [-0.05, 0) is 31.6 Å². The van der Waals surface area contributed by atoms with Crippen LogP contribution in [0.3, 0.4) is 0 Å². The largest absolute Gasteiger partial charge is 0.472 e. The van der Waals surface area contributed by atoms with Crippen LogP contribution in [0.2, 0.25) is 0 Å². The van der Waals surface area contributed by atoms with Crippen molar-refractivity contribution in [2.24, 2.45) is 5.92 Å². The van der Waals surface area contributed by atoms with Crippen LogP contribution in [0.15, 0.2) is 0 Å². The van der Waals surface area contributed by atoms with Crippen LogP contribution >= 0.6 is 15.6 Å². The van der Waals surface area contributed by atoms with E-state index in [1.165, 1.54) is 225 Å². The fourth-order valence-corrected chi connectivity index (χ4v) is 13.3. The lowest BCUT2D eigenvalue weighted by molar-refractivity contribution is -0.161. The van der Waals surface area contributed by atoms with Gasteiger partial charge in [-0.3, -0.25) is 37.3 Å². The van der Waals surface area contributed by atoms with E-state index in [1.807, 2.05) is 0 Å². The smallest absolute Gasteiger partial charge is 0.462 e. The lowest BCUT2D eigenvalue weighted by atomic mass is 10.0. The molecule has 0 saturated heterocycles. The van der Waals surface area contributed by atoms with Gasteiger partial charge in [0.2, 0.25) is 0 Å². The summed E-state index contributed by atoms with van der Waals surface area (Å²) in [7, 11) is -9.91. The van der Waals surface area contributed by atoms with Gasteiger partial charge in [0.05, 0.1) is 26.4 Å². The average Bonchev–Trinajstić information content (AvgIpc) is 2.54. The molecule has 0 aliphatic carbocycles. The predicted octanol–water partition coefficient (Wildman–Crippen LogP) is 22.5. The molecule has 19 heteroatoms. The van der Waals surface area contributed by atoms with Crippen molar-refractivity contribution in [1.82, 2.24) is 0 Å². The van der Waals surface area contributed by atoms with Crippen LogP contribution in [0.4, 0.5) is 0 Å². The van der Waals surface area contributed by atoms with Gasteiger partial charge in [-0.15, -0.1) is 0 Å². The highest BCUT2D eigenvalue weighted by molar-refractivity contribution is 7.47. The summed E-state index contributed by atoms with van der Waals surface area (Å²) < 4.78 is 68.6. The average molecular weight is 1400 g/mol. The third-order valence-corrected chi connectivity index (χ3v) is 19.7. The molecular weight excluding hydrogens is 1250 g/mol. The number of phosphoric ester groups is 2. The fraction of sp³-hybridized carbons (Fsp3) is 0.947. The molecular formula is C76H148O17P2. The van der Waals surface area contributed by atoms with Crippen molar-refractivity contribution in [2.75, 3.05) is 39.6 Å². The van der Waals surface area contributed by atoms with Crippen molar-refractivity contribution in [2.45, 2.75) is 419 Å². The topological polar surface area (TPSA) is 237 Å². The molecule has 0 aromatic rings. The molecule has 17 nitrogen and oxygen atoms in total. The number of carbonyl (C=O) groups excluding carboxylic acids is 4. The molecule has 2 unspecified atom stereocenters. The van der Waals surface area contributed by atoms with E-state index in [9.17, 15) is 43.2 Å². The van der Waals surface area contributed by atoms with Crippen molar-refractivity contribution >= 4 is 39.5 Å². The zero-order chi connectivity index (χ0) is 69.8. The summed E-state index contributed by atoms with van der Waals surface area (Å²) in [5, 5.41) is 10.6. The van der Waals surface area contributed by atoms with E-state index in [0.717, 1.165) is 95.8 Å². The van der Waals surface area contributed by atoms with Gasteiger partial charge < -0.3 is 33.8 Å². The molecule has 0 amide bonds. The second-order valence-electron chi connectivity index (χ2n) is 27.9. The van der Waals surface area contributed by atoms with Gasteiger partial charge in [-0.1, -0.05) is 349 Å². The summed E-state index contributed by atoms with van der Waals surface area (Å²) >= 11 is 0. The van der Waals surface area contributed by atoms with E-state index < -0.39 is 97.5 Å². The maximum atomic E-state index is 13.1. The summed E-state index contributed by atoms with van der Waals surface area (Å²) in [5.74, 6) is -1.34. The predicted molar refractivity (Wildman–Crippen MR) is 386 cm³/mol. The van der Waals surface area contributed by atoms with E-state index in [1.54, 1.807) is 0 Å². The lowest BCUT2D eigenvalue weighted by Gasteiger charge is -2.21. The van der Waals surface area contributed by atoms with E-state index in [0.29, 0.717) is 25.7 Å². The molecule has 0 aromatic heterocycles. The van der Waals surface area contributed by atoms with Gasteiger partial charge in [0.1, 0.15) is 19.3 Å². The summed E-state index contributed by atoms with van der Waals surface area (Å²) in [6.45, 7) is 7.31. The molecule has 0 heterocycles. The molecule has 0 fully saturated rings. The van der Waals surface area contributed by atoms with Crippen molar-refractivity contribution in [1.29, 1.82) is 0 Å². The first-order chi connectivity index (χ1) is 46.0. The Bertz CT molecular complexity index is 1820. The number of rotatable bonds is 76. The minimum Gasteiger partial charge on any atom is -0.462 e. The highest BCUT2D eigenvalue weighted by atomic mass is 31.2. The van der Waals surface area contributed by atoms with Crippen LogP contribution < -0.4 is 0 Å². The van der Waals surface area contributed by atoms with Crippen molar-refractivity contribution < 1.29 is 80.2 Å². The Morgan fingerprint density at radius 1 is 0.284 bits per heavy atom. The van der Waals surface area contributed by atoms with Gasteiger partial charge in [0.15, 0.2) is 12.2 Å². The van der Waals surface area contributed by atoms with Crippen molar-refractivity contribution in [3.05, 3.63) is 0 Å². The van der Waals surface area contributed by atoms with Crippen LogP contribution in [0, 0.1) is 5.92 Å². The number of esters is 4. The summed E-state index contributed by atoms with van der Waals surface area (Å²) in [6, 6.07) is 0. The fourth-order valence-electron chi connectivity index (χ4n) is 11.7. The Morgan fingerprint density at radius 2 is 0.484 bits per heavy atom. The Hall–Kier alpha value is -1.94. The van der Waals surface area contributed by atoms with Crippen LogP contribution in [0.5, 0.6) is 0 Å². The first kappa shape index (κ1) is 93.1. The second-order valence-corrected chi connectivity index (χ2v) is 30.8.